The maximum absolute atomic E-state index is 5.33. The number of likely N-dealkylation sites (tertiary alicyclic amines) is 1. The zero-order valence-corrected chi connectivity index (χ0v) is 16.0. The number of rotatable bonds is 6. The van der Waals surface area contributed by atoms with Gasteiger partial charge in [0.25, 0.3) is 0 Å². The Labute approximate surface area is 144 Å². The molecule has 0 spiro atoms. The minimum atomic E-state index is 0.852. The Balaban J connectivity index is 1.74. The van der Waals surface area contributed by atoms with Gasteiger partial charge in [-0.3, -0.25) is 0 Å². The van der Waals surface area contributed by atoms with E-state index in [-0.39, 0.29) is 0 Å². The molecule has 2 rings (SSSR count). The first kappa shape index (κ1) is 17.3. The third-order valence-corrected chi connectivity index (χ3v) is 5.34. The van der Waals surface area contributed by atoms with Crippen LogP contribution in [0.1, 0.15) is 24.8 Å². The molecule has 0 aliphatic carbocycles. The van der Waals surface area contributed by atoms with Crippen LogP contribution in [0.15, 0.2) is 21.1 Å². The SMILES string of the molecule is COc1c(Br)cc(CNCCC2CCN(C)CC2)cc1Br. The Bertz CT molecular complexity index is 437. The fourth-order valence-electron chi connectivity index (χ4n) is 2.80. The van der Waals surface area contributed by atoms with E-state index >= 15 is 0 Å². The first-order valence-electron chi connectivity index (χ1n) is 7.51. The lowest BCUT2D eigenvalue weighted by molar-refractivity contribution is 0.211. The van der Waals surface area contributed by atoms with Gasteiger partial charge in [0.1, 0.15) is 5.75 Å². The average molecular weight is 420 g/mol. The zero-order valence-electron chi connectivity index (χ0n) is 12.8. The molecule has 118 valence electrons. The van der Waals surface area contributed by atoms with Crippen molar-refractivity contribution in [1.82, 2.24) is 10.2 Å². The van der Waals surface area contributed by atoms with E-state index in [4.69, 9.17) is 4.74 Å². The maximum atomic E-state index is 5.33. The maximum Gasteiger partial charge on any atom is 0.147 e. The van der Waals surface area contributed by atoms with Crippen molar-refractivity contribution in [3.63, 3.8) is 0 Å². The summed E-state index contributed by atoms with van der Waals surface area (Å²) in [5, 5.41) is 3.56. The highest BCUT2D eigenvalue weighted by Gasteiger charge is 2.15. The summed E-state index contributed by atoms with van der Waals surface area (Å²) in [6.45, 7) is 4.50. The second-order valence-electron chi connectivity index (χ2n) is 5.80. The van der Waals surface area contributed by atoms with Crippen molar-refractivity contribution in [2.45, 2.75) is 25.8 Å². The second-order valence-corrected chi connectivity index (χ2v) is 7.51. The van der Waals surface area contributed by atoms with E-state index in [1.165, 1.54) is 37.9 Å². The fourth-order valence-corrected chi connectivity index (χ4v) is 4.40. The third kappa shape index (κ3) is 5.23. The van der Waals surface area contributed by atoms with Crippen LogP contribution in [-0.2, 0) is 6.54 Å². The predicted octanol–water partition coefficient (Wildman–Crippen LogP) is 4.04. The van der Waals surface area contributed by atoms with Crippen LogP contribution in [0.4, 0.5) is 0 Å². The molecule has 1 aromatic carbocycles. The van der Waals surface area contributed by atoms with Gasteiger partial charge in [-0.2, -0.15) is 0 Å². The largest absolute Gasteiger partial charge is 0.494 e. The topological polar surface area (TPSA) is 24.5 Å². The van der Waals surface area contributed by atoms with Crippen LogP contribution < -0.4 is 10.1 Å². The van der Waals surface area contributed by atoms with Gasteiger partial charge in [0, 0.05) is 6.54 Å². The molecular formula is C16H24Br2N2O. The molecule has 1 aromatic rings. The van der Waals surface area contributed by atoms with Gasteiger partial charge in [0.2, 0.25) is 0 Å². The highest BCUT2D eigenvalue weighted by molar-refractivity contribution is 9.11. The summed E-state index contributed by atoms with van der Waals surface area (Å²) in [4.78, 5) is 2.43. The van der Waals surface area contributed by atoms with Gasteiger partial charge in [0.05, 0.1) is 16.1 Å². The van der Waals surface area contributed by atoms with Crippen LogP contribution >= 0.6 is 31.9 Å². The molecule has 1 aliphatic heterocycles. The van der Waals surface area contributed by atoms with Gasteiger partial charge in [-0.1, -0.05) is 0 Å². The van der Waals surface area contributed by atoms with Gasteiger partial charge in [-0.25, -0.2) is 0 Å². The number of piperidine rings is 1. The van der Waals surface area contributed by atoms with E-state index in [1.807, 2.05) is 0 Å². The molecule has 1 saturated heterocycles. The Morgan fingerprint density at radius 3 is 2.43 bits per heavy atom. The molecule has 0 aromatic heterocycles. The third-order valence-electron chi connectivity index (χ3n) is 4.16. The number of ether oxygens (including phenoxy) is 1. The molecule has 1 N–H and O–H groups in total. The molecular weight excluding hydrogens is 396 g/mol. The van der Waals surface area contributed by atoms with Crippen LogP contribution in [0.5, 0.6) is 5.75 Å². The molecule has 0 bridgehead atoms. The Morgan fingerprint density at radius 1 is 1.24 bits per heavy atom. The number of hydrogen-bond donors (Lipinski definition) is 1. The zero-order chi connectivity index (χ0) is 15.2. The number of nitrogens with one attached hydrogen (secondary N) is 1. The van der Waals surface area contributed by atoms with Crippen molar-refractivity contribution >= 4 is 31.9 Å². The summed E-state index contributed by atoms with van der Waals surface area (Å²) >= 11 is 7.10. The summed E-state index contributed by atoms with van der Waals surface area (Å²) < 4.78 is 7.31. The molecule has 0 radical (unpaired) electrons. The van der Waals surface area contributed by atoms with E-state index in [0.29, 0.717) is 0 Å². The Hall–Kier alpha value is -0.100. The number of nitrogens with zero attached hydrogens (tertiary/aromatic N) is 1. The summed E-state index contributed by atoms with van der Waals surface area (Å²) in [6.07, 6.45) is 3.97. The number of benzene rings is 1. The van der Waals surface area contributed by atoms with Crippen LogP contribution in [0.3, 0.4) is 0 Å². The summed E-state index contributed by atoms with van der Waals surface area (Å²) in [7, 11) is 3.90. The Morgan fingerprint density at radius 2 is 1.86 bits per heavy atom. The fraction of sp³-hybridized carbons (Fsp3) is 0.625. The predicted molar refractivity (Wildman–Crippen MR) is 94.9 cm³/mol. The molecule has 1 fully saturated rings. The number of methoxy groups -OCH3 is 1. The molecule has 0 saturated carbocycles. The first-order chi connectivity index (χ1) is 10.1. The monoisotopic (exact) mass is 418 g/mol. The van der Waals surface area contributed by atoms with Crippen molar-refractivity contribution in [3.05, 3.63) is 26.6 Å². The molecule has 0 amide bonds. The summed E-state index contributed by atoms with van der Waals surface area (Å²) in [5.74, 6) is 1.74. The van der Waals surface area contributed by atoms with Gasteiger partial charge in [-0.05, 0) is 101 Å². The molecule has 0 atom stereocenters. The highest BCUT2D eigenvalue weighted by Crippen LogP contribution is 2.34. The molecule has 21 heavy (non-hydrogen) atoms. The van der Waals surface area contributed by atoms with Crippen LogP contribution in [0, 0.1) is 5.92 Å². The minimum Gasteiger partial charge on any atom is -0.494 e. The standard InChI is InChI=1S/C16H24Br2N2O/c1-20-7-4-12(5-8-20)3-6-19-11-13-9-14(17)16(21-2)15(18)10-13/h9-10,12,19H,3-8,11H2,1-2H3. The molecule has 0 unspecified atom stereocenters. The van der Waals surface area contributed by atoms with E-state index in [1.54, 1.807) is 7.11 Å². The van der Waals surface area contributed by atoms with E-state index < -0.39 is 0 Å². The van der Waals surface area contributed by atoms with Crippen molar-refractivity contribution in [1.29, 1.82) is 0 Å². The normalized spacial score (nSPS) is 17.1. The lowest BCUT2D eigenvalue weighted by atomic mass is 9.94. The van der Waals surface area contributed by atoms with Crippen molar-refractivity contribution in [2.75, 3.05) is 33.8 Å². The smallest absolute Gasteiger partial charge is 0.147 e. The molecule has 3 nitrogen and oxygen atoms in total. The van der Waals surface area contributed by atoms with Crippen molar-refractivity contribution < 1.29 is 4.74 Å². The molecule has 5 heteroatoms. The lowest BCUT2D eigenvalue weighted by Crippen LogP contribution is -2.31. The summed E-state index contributed by atoms with van der Waals surface area (Å²) in [5.41, 5.74) is 1.26. The quantitative estimate of drug-likeness (QED) is 0.704. The molecule has 1 aliphatic rings. The van der Waals surface area contributed by atoms with Gasteiger partial charge in [-0.15, -0.1) is 0 Å². The van der Waals surface area contributed by atoms with Crippen molar-refractivity contribution in [2.24, 2.45) is 5.92 Å². The average Bonchev–Trinajstić information content (AvgIpc) is 2.45. The van der Waals surface area contributed by atoms with Gasteiger partial charge in [0.15, 0.2) is 0 Å². The van der Waals surface area contributed by atoms with Crippen LogP contribution in [-0.4, -0.2) is 38.7 Å². The van der Waals surface area contributed by atoms with E-state index in [9.17, 15) is 0 Å². The highest BCUT2D eigenvalue weighted by atomic mass is 79.9. The number of halogens is 2. The first-order valence-corrected chi connectivity index (χ1v) is 9.10. The van der Waals surface area contributed by atoms with Crippen LogP contribution in [0.25, 0.3) is 0 Å². The van der Waals surface area contributed by atoms with Crippen molar-refractivity contribution in [3.8, 4) is 5.75 Å². The lowest BCUT2D eigenvalue weighted by Gasteiger charge is -2.28. The van der Waals surface area contributed by atoms with Gasteiger partial charge < -0.3 is 15.0 Å². The van der Waals surface area contributed by atoms with Crippen LogP contribution in [0.2, 0.25) is 0 Å². The molecule has 1 heterocycles. The second kappa shape index (κ2) is 8.51. The number of hydrogen-bond acceptors (Lipinski definition) is 3. The van der Waals surface area contributed by atoms with E-state index in [2.05, 4.69) is 61.3 Å². The van der Waals surface area contributed by atoms with E-state index in [0.717, 1.165) is 33.7 Å². The minimum absolute atomic E-state index is 0.852. The summed E-state index contributed by atoms with van der Waals surface area (Å²) in [6, 6.07) is 4.23. The van der Waals surface area contributed by atoms with Gasteiger partial charge >= 0.3 is 0 Å². The Kier molecular flexibility index (Phi) is 6.99.